The monoisotopic (exact) mass is 494 g/mol. The molecule has 32 heavy (non-hydrogen) atoms. The Morgan fingerprint density at radius 3 is 2.78 bits per heavy atom. The molecule has 1 aliphatic heterocycles. The zero-order valence-corrected chi connectivity index (χ0v) is 19.0. The van der Waals surface area contributed by atoms with E-state index in [2.05, 4.69) is 20.8 Å². The fraction of sp³-hybridized carbons (Fsp3) is 0.250. The normalized spacial score (nSPS) is 20.2. The summed E-state index contributed by atoms with van der Waals surface area (Å²) < 4.78 is 20.0. The Morgan fingerprint density at radius 1 is 1.28 bits per heavy atom. The number of hydrogen-bond donors (Lipinski definition) is 3. The standard InChI is InChI=1S/C20H20Cl2N6O3S/c21-13-1-6-17(18(22)7-13)20(10-28-12-24-11-25-28)30-9-16(31-20)8-29-15-4-2-14(3-5-15)26-19(32)27-23/h1-7,11-12,16H,8-10,23H2,(H2,26,27,32). The van der Waals surface area contributed by atoms with E-state index >= 15 is 0 Å². The summed E-state index contributed by atoms with van der Waals surface area (Å²) in [6.07, 6.45) is 2.70. The number of aromatic nitrogens is 3. The van der Waals surface area contributed by atoms with E-state index in [0.29, 0.717) is 33.1 Å². The average molecular weight is 495 g/mol. The maximum atomic E-state index is 6.47. The van der Waals surface area contributed by atoms with Crippen molar-refractivity contribution in [1.29, 1.82) is 0 Å². The first-order valence-electron chi connectivity index (χ1n) is 9.57. The Morgan fingerprint density at radius 2 is 2.09 bits per heavy atom. The van der Waals surface area contributed by atoms with Gasteiger partial charge in [-0.1, -0.05) is 29.3 Å². The molecular formula is C20H20Cl2N6O3S. The van der Waals surface area contributed by atoms with E-state index < -0.39 is 5.79 Å². The Kier molecular flexibility index (Phi) is 7.09. The lowest BCUT2D eigenvalue weighted by atomic mass is 10.1. The van der Waals surface area contributed by atoms with Crippen LogP contribution in [-0.4, -0.2) is 39.2 Å². The van der Waals surface area contributed by atoms with Crippen molar-refractivity contribution in [2.24, 2.45) is 5.84 Å². The first-order chi connectivity index (χ1) is 15.5. The molecule has 1 aliphatic rings. The smallest absolute Gasteiger partial charge is 0.217 e. The van der Waals surface area contributed by atoms with Crippen molar-refractivity contribution >= 4 is 46.2 Å². The number of anilines is 1. The van der Waals surface area contributed by atoms with Crippen molar-refractivity contribution in [3.63, 3.8) is 0 Å². The second-order valence-corrected chi connectivity index (χ2v) is 8.21. The van der Waals surface area contributed by atoms with Crippen LogP contribution in [-0.2, 0) is 21.8 Å². The number of thiocarbonyl (C=S) groups is 1. The van der Waals surface area contributed by atoms with E-state index in [-0.39, 0.29) is 19.3 Å². The van der Waals surface area contributed by atoms with Crippen LogP contribution in [0.1, 0.15) is 5.56 Å². The fourth-order valence-electron chi connectivity index (χ4n) is 3.27. The van der Waals surface area contributed by atoms with Crippen molar-refractivity contribution < 1.29 is 14.2 Å². The van der Waals surface area contributed by atoms with Gasteiger partial charge in [-0.25, -0.2) is 15.5 Å². The van der Waals surface area contributed by atoms with Gasteiger partial charge >= 0.3 is 0 Å². The predicted octanol–water partition coefficient (Wildman–Crippen LogP) is 3.09. The first-order valence-corrected chi connectivity index (χ1v) is 10.7. The van der Waals surface area contributed by atoms with E-state index in [1.165, 1.54) is 6.33 Å². The number of ether oxygens (including phenoxy) is 3. The zero-order valence-electron chi connectivity index (χ0n) is 16.7. The van der Waals surface area contributed by atoms with E-state index in [1.807, 2.05) is 24.3 Å². The van der Waals surface area contributed by atoms with Crippen molar-refractivity contribution in [1.82, 2.24) is 20.2 Å². The highest BCUT2D eigenvalue weighted by Gasteiger charge is 2.45. The lowest BCUT2D eigenvalue weighted by Crippen LogP contribution is -2.35. The van der Waals surface area contributed by atoms with Gasteiger partial charge in [0.2, 0.25) is 5.79 Å². The molecule has 2 unspecified atom stereocenters. The molecule has 3 aromatic rings. The van der Waals surface area contributed by atoms with Crippen LogP contribution in [0.3, 0.4) is 0 Å². The highest BCUT2D eigenvalue weighted by molar-refractivity contribution is 7.80. The molecule has 4 N–H and O–H groups in total. The molecule has 0 aliphatic carbocycles. The summed E-state index contributed by atoms with van der Waals surface area (Å²) in [4.78, 5) is 3.99. The van der Waals surface area contributed by atoms with Crippen LogP contribution in [0.25, 0.3) is 0 Å². The van der Waals surface area contributed by atoms with Gasteiger partial charge in [-0.15, -0.1) is 0 Å². The van der Waals surface area contributed by atoms with E-state index in [0.717, 1.165) is 5.69 Å². The predicted molar refractivity (Wildman–Crippen MR) is 124 cm³/mol. The van der Waals surface area contributed by atoms with Gasteiger partial charge in [-0.3, -0.25) is 0 Å². The topological polar surface area (TPSA) is 108 Å². The molecule has 0 radical (unpaired) electrons. The number of nitrogens with two attached hydrogens (primary N) is 1. The molecule has 0 spiro atoms. The number of rotatable bonds is 7. The molecule has 2 heterocycles. The van der Waals surface area contributed by atoms with Crippen molar-refractivity contribution in [2.45, 2.75) is 18.4 Å². The second kappa shape index (κ2) is 9.99. The van der Waals surface area contributed by atoms with E-state index in [1.54, 1.807) is 29.2 Å². The van der Waals surface area contributed by atoms with Crippen LogP contribution in [0.15, 0.2) is 55.1 Å². The molecule has 12 heteroatoms. The van der Waals surface area contributed by atoms with Gasteiger partial charge in [0, 0.05) is 16.3 Å². The van der Waals surface area contributed by atoms with Gasteiger partial charge in [0.25, 0.3) is 0 Å². The van der Waals surface area contributed by atoms with Gasteiger partial charge in [0.15, 0.2) is 5.11 Å². The third-order valence-electron chi connectivity index (χ3n) is 4.72. The van der Waals surface area contributed by atoms with Crippen molar-refractivity contribution in [3.8, 4) is 5.75 Å². The minimum Gasteiger partial charge on any atom is -0.491 e. The van der Waals surface area contributed by atoms with E-state index in [4.69, 9.17) is 55.5 Å². The largest absolute Gasteiger partial charge is 0.491 e. The van der Waals surface area contributed by atoms with Crippen LogP contribution >= 0.6 is 35.4 Å². The SMILES string of the molecule is NNC(=S)Nc1ccc(OCC2COC(Cn3cncn3)(c3ccc(Cl)cc3Cl)O2)cc1. The number of hydrazine groups is 1. The fourth-order valence-corrected chi connectivity index (χ4v) is 3.94. The molecule has 0 amide bonds. The zero-order chi connectivity index (χ0) is 22.6. The second-order valence-electron chi connectivity index (χ2n) is 6.95. The van der Waals surface area contributed by atoms with Crippen LogP contribution in [0.5, 0.6) is 5.75 Å². The molecule has 0 bridgehead atoms. The minimum atomic E-state index is -1.15. The van der Waals surface area contributed by atoms with Crippen LogP contribution < -0.4 is 21.3 Å². The number of halogens is 2. The summed E-state index contributed by atoms with van der Waals surface area (Å²) in [6.45, 7) is 0.851. The van der Waals surface area contributed by atoms with Gasteiger partial charge < -0.3 is 25.0 Å². The molecule has 4 rings (SSSR count). The van der Waals surface area contributed by atoms with Crippen molar-refractivity contribution in [2.75, 3.05) is 18.5 Å². The minimum absolute atomic E-state index is 0.264. The van der Waals surface area contributed by atoms with Gasteiger partial charge in [-0.2, -0.15) is 5.10 Å². The van der Waals surface area contributed by atoms with E-state index in [9.17, 15) is 0 Å². The third kappa shape index (κ3) is 5.29. The summed E-state index contributed by atoms with van der Waals surface area (Å²) >= 11 is 17.5. The molecular weight excluding hydrogens is 475 g/mol. The average Bonchev–Trinajstić information content (AvgIpc) is 3.44. The quantitative estimate of drug-likeness (QED) is 0.259. The maximum Gasteiger partial charge on any atom is 0.217 e. The molecule has 2 atom stereocenters. The van der Waals surface area contributed by atoms with Gasteiger partial charge in [0.05, 0.1) is 11.6 Å². The molecule has 9 nitrogen and oxygen atoms in total. The summed E-state index contributed by atoms with van der Waals surface area (Å²) in [6, 6.07) is 12.5. The first kappa shape index (κ1) is 22.7. The van der Waals surface area contributed by atoms with Gasteiger partial charge in [-0.05, 0) is 48.6 Å². The summed E-state index contributed by atoms with van der Waals surface area (Å²) in [5.74, 6) is 4.78. The van der Waals surface area contributed by atoms with Crippen LogP contribution in [0, 0.1) is 0 Å². The Balaban J connectivity index is 1.45. The summed E-state index contributed by atoms with van der Waals surface area (Å²) in [5, 5.41) is 8.38. The summed E-state index contributed by atoms with van der Waals surface area (Å²) in [5.41, 5.74) is 3.80. The lowest BCUT2D eigenvalue weighted by Gasteiger charge is -2.29. The summed E-state index contributed by atoms with van der Waals surface area (Å²) in [7, 11) is 0. The molecule has 1 fully saturated rings. The maximum absolute atomic E-state index is 6.47. The van der Waals surface area contributed by atoms with Crippen molar-refractivity contribution in [3.05, 3.63) is 70.7 Å². The molecule has 1 aromatic heterocycles. The molecule has 2 aromatic carbocycles. The highest BCUT2D eigenvalue weighted by Crippen LogP contribution is 2.40. The van der Waals surface area contributed by atoms with Crippen LogP contribution in [0.4, 0.5) is 5.69 Å². The van der Waals surface area contributed by atoms with Gasteiger partial charge in [0.1, 0.15) is 37.7 Å². The van der Waals surface area contributed by atoms with Crippen LogP contribution in [0.2, 0.25) is 10.0 Å². The Bertz CT molecular complexity index is 1070. The number of nitrogens with zero attached hydrogens (tertiary/aromatic N) is 3. The molecule has 0 saturated carbocycles. The Hall–Kier alpha value is -2.47. The Labute approximate surface area is 199 Å². The molecule has 168 valence electrons. The third-order valence-corrected chi connectivity index (χ3v) is 5.48. The highest BCUT2D eigenvalue weighted by atomic mass is 35.5. The number of benzene rings is 2. The lowest BCUT2D eigenvalue weighted by molar-refractivity contribution is -0.190. The molecule has 1 saturated heterocycles. The number of hydrogen-bond acceptors (Lipinski definition) is 7. The number of nitrogens with one attached hydrogen (secondary N) is 2.